The normalized spacial score (nSPS) is 14.3. The number of nitrogens with zero attached hydrogens (tertiary/aromatic N) is 5. The van der Waals surface area contributed by atoms with Crippen molar-refractivity contribution >= 4 is 34.9 Å². The van der Waals surface area contributed by atoms with Gasteiger partial charge in [-0.15, -0.1) is 0 Å². The van der Waals surface area contributed by atoms with Gasteiger partial charge in [0, 0.05) is 51.1 Å². The minimum atomic E-state index is -4.59. The lowest BCUT2D eigenvalue weighted by molar-refractivity contribution is -0.138. The van der Waals surface area contributed by atoms with Gasteiger partial charge in [-0.2, -0.15) is 31.3 Å². The van der Waals surface area contributed by atoms with E-state index in [1.54, 1.807) is 23.9 Å². The van der Waals surface area contributed by atoms with E-state index in [1.165, 1.54) is 18.3 Å². The number of fused-ring (bicyclic) bond motifs is 1. The van der Waals surface area contributed by atoms with Crippen LogP contribution < -0.4 is 15.1 Å². The smallest absolute Gasteiger partial charge is 0.355 e. The maximum Gasteiger partial charge on any atom is 0.419 e. The molecule has 1 N–H and O–H groups in total. The van der Waals surface area contributed by atoms with E-state index in [1.807, 2.05) is 0 Å². The molecule has 0 atom stereocenters. The minimum Gasteiger partial charge on any atom is -0.355 e. The summed E-state index contributed by atoms with van der Waals surface area (Å²) in [5, 5.41) is 2.55. The van der Waals surface area contributed by atoms with Crippen molar-refractivity contribution in [3.63, 3.8) is 0 Å². The first-order valence-corrected chi connectivity index (χ1v) is 11.2. The van der Waals surface area contributed by atoms with Crippen LogP contribution in [0.3, 0.4) is 0 Å². The number of aromatic nitrogens is 3. The quantitative estimate of drug-likeness (QED) is 0.419. The Bertz CT molecular complexity index is 1260. The third kappa shape index (κ3) is 5.43. The highest BCUT2D eigenvalue weighted by Gasteiger charge is 2.36. The minimum absolute atomic E-state index is 0.164. The Hall–Kier alpha value is -3.28. The standard InChI is InChI=1S/C23H21ClF6N6/c1-35(2)21-33-18-8-11-36(20-16(23(28,29)30)4-3-9-31-20)10-7-14(18)19(34-21)32-13-5-6-15(17(24)12-13)22(25,26)27/h3-6,9,12H,7-8,10-11H2,1-2H3,(H,32,33,34). The van der Waals surface area contributed by atoms with Gasteiger partial charge in [-0.05, 0) is 36.8 Å². The van der Waals surface area contributed by atoms with Crippen LogP contribution in [0.5, 0.6) is 0 Å². The maximum absolute atomic E-state index is 13.6. The fraction of sp³-hybridized carbons (Fsp3) is 0.348. The van der Waals surface area contributed by atoms with Crippen molar-refractivity contribution in [2.45, 2.75) is 25.2 Å². The van der Waals surface area contributed by atoms with Gasteiger partial charge >= 0.3 is 12.4 Å². The van der Waals surface area contributed by atoms with E-state index in [2.05, 4.69) is 20.3 Å². The summed E-state index contributed by atoms with van der Waals surface area (Å²) in [5.74, 6) is 0.526. The first-order valence-electron chi connectivity index (χ1n) is 10.8. The topological polar surface area (TPSA) is 57.2 Å². The molecule has 2 aromatic heterocycles. The number of nitrogens with one attached hydrogen (secondary N) is 1. The molecule has 0 radical (unpaired) electrons. The van der Waals surface area contributed by atoms with Crippen LogP contribution in [-0.4, -0.2) is 42.1 Å². The molecule has 0 saturated carbocycles. The fourth-order valence-corrected chi connectivity index (χ4v) is 4.22. The van der Waals surface area contributed by atoms with Crippen molar-refractivity contribution in [2.24, 2.45) is 0 Å². The molecule has 0 amide bonds. The summed E-state index contributed by atoms with van der Waals surface area (Å²) in [7, 11) is 3.46. The van der Waals surface area contributed by atoms with Gasteiger partial charge in [-0.1, -0.05) is 11.6 Å². The van der Waals surface area contributed by atoms with Crippen LogP contribution in [0.1, 0.15) is 22.4 Å². The highest BCUT2D eigenvalue weighted by atomic mass is 35.5. The summed E-state index contributed by atoms with van der Waals surface area (Å²) in [4.78, 5) is 16.3. The number of anilines is 4. The molecule has 0 aliphatic carbocycles. The van der Waals surface area contributed by atoms with E-state index in [4.69, 9.17) is 11.6 Å². The van der Waals surface area contributed by atoms with Gasteiger partial charge in [-0.3, -0.25) is 0 Å². The molecular formula is C23H21ClF6N6. The van der Waals surface area contributed by atoms with Crippen LogP contribution in [0.4, 0.5) is 49.6 Å². The van der Waals surface area contributed by atoms with E-state index in [0.717, 1.165) is 18.2 Å². The molecule has 0 spiro atoms. The Labute approximate surface area is 207 Å². The van der Waals surface area contributed by atoms with Crippen LogP contribution in [0.2, 0.25) is 5.02 Å². The highest BCUT2D eigenvalue weighted by molar-refractivity contribution is 6.31. The molecule has 0 fully saturated rings. The van der Waals surface area contributed by atoms with E-state index in [-0.39, 0.29) is 31.0 Å². The third-order valence-electron chi connectivity index (χ3n) is 5.66. The Morgan fingerprint density at radius 2 is 1.64 bits per heavy atom. The van der Waals surface area contributed by atoms with Crippen molar-refractivity contribution in [1.82, 2.24) is 15.0 Å². The van der Waals surface area contributed by atoms with Crippen molar-refractivity contribution in [3.05, 3.63) is 63.9 Å². The summed E-state index contributed by atoms with van der Waals surface area (Å²) >= 11 is 5.86. The van der Waals surface area contributed by atoms with E-state index >= 15 is 0 Å². The van der Waals surface area contributed by atoms with E-state index in [0.29, 0.717) is 29.4 Å². The molecule has 13 heteroatoms. The maximum atomic E-state index is 13.6. The fourth-order valence-electron chi connectivity index (χ4n) is 3.93. The van der Waals surface area contributed by atoms with Crippen LogP contribution >= 0.6 is 11.6 Å². The second-order valence-electron chi connectivity index (χ2n) is 8.37. The lowest BCUT2D eigenvalue weighted by Gasteiger charge is -2.24. The van der Waals surface area contributed by atoms with Gasteiger partial charge < -0.3 is 15.1 Å². The molecular weight excluding hydrogens is 510 g/mol. The number of pyridine rings is 1. The molecule has 3 heterocycles. The monoisotopic (exact) mass is 530 g/mol. The number of alkyl halides is 6. The van der Waals surface area contributed by atoms with Gasteiger partial charge in [-0.25, -0.2) is 9.97 Å². The molecule has 1 aliphatic heterocycles. The van der Waals surface area contributed by atoms with Crippen LogP contribution in [0.15, 0.2) is 36.5 Å². The predicted molar refractivity (Wildman–Crippen MR) is 125 cm³/mol. The summed E-state index contributed by atoms with van der Waals surface area (Å²) in [6, 6.07) is 5.50. The Balaban J connectivity index is 1.68. The second-order valence-corrected chi connectivity index (χ2v) is 8.78. The second kappa shape index (κ2) is 9.64. The number of halogens is 7. The van der Waals surface area contributed by atoms with E-state index < -0.39 is 28.5 Å². The molecule has 0 unspecified atom stereocenters. The molecule has 3 aromatic rings. The summed E-state index contributed by atoms with van der Waals surface area (Å²) in [6.07, 6.45) is -7.24. The number of benzene rings is 1. The first-order chi connectivity index (χ1) is 16.8. The van der Waals surface area contributed by atoms with Crippen LogP contribution in [0, 0.1) is 0 Å². The summed E-state index contributed by atoms with van der Waals surface area (Å²) in [5.41, 5.74) is -0.223. The average molecular weight is 531 g/mol. The Kier molecular flexibility index (Phi) is 6.91. The molecule has 0 bridgehead atoms. The zero-order valence-electron chi connectivity index (χ0n) is 19.2. The van der Waals surface area contributed by atoms with E-state index in [9.17, 15) is 26.3 Å². The number of rotatable bonds is 4. The molecule has 192 valence electrons. The third-order valence-corrected chi connectivity index (χ3v) is 5.97. The molecule has 1 aliphatic rings. The zero-order chi connectivity index (χ0) is 26.3. The molecule has 6 nitrogen and oxygen atoms in total. The molecule has 1 aromatic carbocycles. The Morgan fingerprint density at radius 1 is 0.944 bits per heavy atom. The van der Waals surface area contributed by atoms with Crippen molar-refractivity contribution < 1.29 is 26.3 Å². The molecule has 0 saturated heterocycles. The van der Waals surface area contributed by atoms with Gasteiger partial charge in [0.15, 0.2) is 0 Å². The van der Waals surface area contributed by atoms with Crippen LogP contribution in [0.25, 0.3) is 0 Å². The highest BCUT2D eigenvalue weighted by Crippen LogP contribution is 2.38. The average Bonchev–Trinajstić information content (AvgIpc) is 3.00. The van der Waals surface area contributed by atoms with Gasteiger partial charge in [0.2, 0.25) is 5.95 Å². The van der Waals surface area contributed by atoms with Crippen molar-refractivity contribution in [3.8, 4) is 0 Å². The SMILES string of the molecule is CN(C)c1nc2c(c(Nc3ccc(C(F)(F)F)c(Cl)c3)n1)CCN(c1ncccc1C(F)(F)F)CC2. The van der Waals surface area contributed by atoms with Crippen LogP contribution in [-0.2, 0) is 25.2 Å². The summed E-state index contributed by atoms with van der Waals surface area (Å²) < 4.78 is 80.0. The van der Waals surface area contributed by atoms with Gasteiger partial charge in [0.1, 0.15) is 11.6 Å². The number of hydrogen-bond donors (Lipinski definition) is 1. The summed E-state index contributed by atoms with van der Waals surface area (Å²) in [6.45, 7) is 0.447. The van der Waals surface area contributed by atoms with Crippen molar-refractivity contribution in [2.75, 3.05) is 42.3 Å². The predicted octanol–water partition coefficient (Wildman–Crippen LogP) is 5.98. The molecule has 4 rings (SSSR count). The zero-order valence-corrected chi connectivity index (χ0v) is 19.9. The number of hydrogen-bond acceptors (Lipinski definition) is 6. The van der Waals surface area contributed by atoms with Gasteiger partial charge in [0.25, 0.3) is 0 Å². The lowest BCUT2D eigenvalue weighted by atomic mass is 10.1. The van der Waals surface area contributed by atoms with Gasteiger partial charge in [0.05, 0.1) is 21.8 Å². The largest absolute Gasteiger partial charge is 0.419 e. The lowest BCUT2D eigenvalue weighted by Crippen LogP contribution is -2.29. The first kappa shape index (κ1) is 25.8. The van der Waals surface area contributed by atoms with Crippen molar-refractivity contribution in [1.29, 1.82) is 0 Å². The Morgan fingerprint density at radius 3 is 2.28 bits per heavy atom. The molecule has 36 heavy (non-hydrogen) atoms.